The lowest BCUT2D eigenvalue weighted by Crippen LogP contribution is -2.13. The van der Waals surface area contributed by atoms with Crippen molar-refractivity contribution in [2.75, 3.05) is 18.3 Å². The van der Waals surface area contributed by atoms with Gasteiger partial charge in [-0.15, -0.1) is 0 Å². The van der Waals surface area contributed by atoms with Gasteiger partial charge in [0.2, 0.25) is 5.78 Å². The van der Waals surface area contributed by atoms with Gasteiger partial charge in [0.25, 0.3) is 0 Å². The molecule has 0 saturated carbocycles. The van der Waals surface area contributed by atoms with Crippen LogP contribution >= 0.6 is 0 Å². The summed E-state index contributed by atoms with van der Waals surface area (Å²) in [4.78, 5) is 11.5. The molecule has 0 unspecified atom stereocenters. The van der Waals surface area contributed by atoms with Crippen LogP contribution in [0.1, 0.15) is 10.4 Å². The number of hydrogen-bond donors (Lipinski definition) is 2. The van der Waals surface area contributed by atoms with Crippen molar-refractivity contribution in [1.29, 1.82) is 0 Å². The lowest BCUT2D eigenvalue weighted by atomic mass is 10.1. The Hall–Kier alpha value is -1.16. The van der Waals surface area contributed by atoms with E-state index in [9.17, 15) is 9.90 Å². The number of aromatic hydroxyl groups is 2. The van der Waals surface area contributed by atoms with Gasteiger partial charge in [-0.25, -0.2) is 0 Å². The average Bonchev–Trinajstić information content (AvgIpc) is 2.08. The summed E-state index contributed by atoms with van der Waals surface area (Å²) in [6.07, 6.45) is 3.97. The Labute approximate surface area is 85.7 Å². The fourth-order valence-electron chi connectivity index (χ4n) is 1.04. The number of phenolic OH excluding ortho intramolecular Hbond substituents is 2. The van der Waals surface area contributed by atoms with E-state index in [0.717, 1.165) is 0 Å². The zero-order chi connectivity index (χ0) is 10.7. The van der Waals surface area contributed by atoms with E-state index in [1.54, 1.807) is 0 Å². The molecule has 1 aromatic rings. The zero-order valence-corrected chi connectivity index (χ0v) is 8.97. The molecule has 0 atom stereocenters. The summed E-state index contributed by atoms with van der Waals surface area (Å²) in [6.45, 7) is 0. The van der Waals surface area contributed by atoms with Crippen LogP contribution in [-0.4, -0.2) is 34.3 Å². The van der Waals surface area contributed by atoms with Crippen molar-refractivity contribution in [3.63, 3.8) is 0 Å². The number of carbonyl (C=O) groups excluding carboxylic acids is 1. The van der Waals surface area contributed by atoms with Gasteiger partial charge >= 0.3 is 0 Å². The smallest absolute Gasteiger partial charge is 0.211 e. The molecule has 0 fully saturated rings. The number of phenols is 2. The molecule has 0 spiro atoms. The first-order valence-electron chi connectivity index (χ1n) is 4.10. The number of benzene rings is 1. The Kier molecular flexibility index (Phi) is 3.41. The van der Waals surface area contributed by atoms with E-state index in [-0.39, 0.29) is 28.2 Å². The van der Waals surface area contributed by atoms with Gasteiger partial charge in [0.15, 0.2) is 17.3 Å². The number of hydrogen-bond acceptors (Lipinski definition) is 3. The first kappa shape index (κ1) is 10.9. The van der Waals surface area contributed by atoms with Crippen molar-refractivity contribution in [1.82, 2.24) is 0 Å². The van der Waals surface area contributed by atoms with Crippen LogP contribution in [0.2, 0.25) is 0 Å². The molecule has 0 aromatic heterocycles. The van der Waals surface area contributed by atoms with Crippen molar-refractivity contribution in [3.05, 3.63) is 23.8 Å². The Morgan fingerprint density at radius 1 is 1.29 bits per heavy atom. The molecule has 2 N–H and O–H groups in total. The maximum atomic E-state index is 11.5. The molecule has 0 aliphatic rings. The van der Waals surface area contributed by atoms with E-state index in [0.29, 0.717) is 11.3 Å². The van der Waals surface area contributed by atoms with Crippen LogP contribution in [0.4, 0.5) is 0 Å². The summed E-state index contributed by atoms with van der Waals surface area (Å²) in [5, 5.41) is 18.2. The first-order chi connectivity index (χ1) is 6.50. The standard InChI is InChI=1S/C10H12O3S/c1-14(2)6-10(13)7-3-4-8(11)9(12)5-7/h3-5H,6H2,1-2H3,(H-,11,12,13)/p+1. The second-order valence-electron chi connectivity index (χ2n) is 3.26. The van der Waals surface area contributed by atoms with E-state index in [2.05, 4.69) is 0 Å². The molecule has 0 radical (unpaired) electrons. The molecule has 0 heterocycles. The number of Topliss-reactive ketones (excluding diaryl/α,β-unsaturated/α-hetero) is 1. The Balaban J connectivity index is 2.86. The summed E-state index contributed by atoms with van der Waals surface area (Å²) in [6, 6.07) is 4.14. The van der Waals surface area contributed by atoms with Crippen LogP contribution in [-0.2, 0) is 10.9 Å². The van der Waals surface area contributed by atoms with Crippen molar-refractivity contribution in [3.8, 4) is 11.5 Å². The molecule has 1 rings (SSSR count). The van der Waals surface area contributed by atoms with E-state index >= 15 is 0 Å². The summed E-state index contributed by atoms with van der Waals surface area (Å²) < 4.78 is 0. The fourth-order valence-corrected chi connectivity index (χ4v) is 1.73. The fraction of sp³-hybridized carbons (Fsp3) is 0.300. The quantitative estimate of drug-likeness (QED) is 0.450. The van der Waals surface area contributed by atoms with E-state index in [1.807, 2.05) is 12.5 Å². The minimum atomic E-state index is -0.247. The third-order valence-corrected chi connectivity index (χ3v) is 2.56. The normalized spacial score (nSPS) is 10.5. The lowest BCUT2D eigenvalue weighted by molar-refractivity contribution is 0.102. The van der Waals surface area contributed by atoms with Crippen LogP contribution in [0.15, 0.2) is 18.2 Å². The Morgan fingerprint density at radius 3 is 2.43 bits per heavy atom. The molecule has 3 nitrogen and oxygen atoms in total. The van der Waals surface area contributed by atoms with Crippen molar-refractivity contribution in [2.45, 2.75) is 0 Å². The molecule has 0 bridgehead atoms. The predicted octanol–water partition coefficient (Wildman–Crippen LogP) is 1.16. The predicted molar refractivity (Wildman–Crippen MR) is 58.2 cm³/mol. The van der Waals surface area contributed by atoms with Crippen molar-refractivity contribution in [2.24, 2.45) is 0 Å². The highest BCUT2D eigenvalue weighted by atomic mass is 32.2. The highest BCUT2D eigenvalue weighted by molar-refractivity contribution is 7.96. The van der Waals surface area contributed by atoms with Crippen LogP contribution in [0.25, 0.3) is 0 Å². The molecule has 76 valence electrons. The van der Waals surface area contributed by atoms with Gasteiger partial charge in [0.05, 0.1) is 12.5 Å². The molecule has 0 aliphatic heterocycles. The van der Waals surface area contributed by atoms with Crippen LogP contribution in [0.3, 0.4) is 0 Å². The third-order valence-electron chi connectivity index (χ3n) is 1.72. The van der Waals surface area contributed by atoms with Gasteiger partial charge in [-0.3, -0.25) is 4.79 Å². The topological polar surface area (TPSA) is 57.5 Å². The number of rotatable bonds is 3. The summed E-state index contributed by atoms with van der Waals surface area (Å²) in [7, 11) is 0.0482. The van der Waals surface area contributed by atoms with Crippen molar-refractivity contribution < 1.29 is 15.0 Å². The zero-order valence-electron chi connectivity index (χ0n) is 8.15. The second-order valence-corrected chi connectivity index (χ2v) is 5.52. The minimum absolute atomic E-state index is 0.00590. The third kappa shape index (κ3) is 2.67. The SMILES string of the molecule is C[S+](C)CC(=O)c1ccc(O)c(O)c1. The van der Waals surface area contributed by atoms with Crippen LogP contribution in [0, 0.1) is 0 Å². The highest BCUT2D eigenvalue weighted by Gasteiger charge is 2.15. The number of ketones is 1. The van der Waals surface area contributed by atoms with Gasteiger partial charge in [-0.2, -0.15) is 0 Å². The van der Waals surface area contributed by atoms with Crippen molar-refractivity contribution >= 4 is 16.7 Å². The minimum Gasteiger partial charge on any atom is -0.504 e. The van der Waals surface area contributed by atoms with E-state index in [4.69, 9.17) is 5.11 Å². The average molecular weight is 213 g/mol. The van der Waals surface area contributed by atoms with Crippen LogP contribution in [0.5, 0.6) is 11.5 Å². The largest absolute Gasteiger partial charge is 0.504 e. The van der Waals surface area contributed by atoms with E-state index in [1.165, 1.54) is 18.2 Å². The molecule has 1 aromatic carbocycles. The Morgan fingerprint density at radius 2 is 1.93 bits per heavy atom. The second kappa shape index (κ2) is 4.37. The maximum Gasteiger partial charge on any atom is 0.211 e. The lowest BCUT2D eigenvalue weighted by Gasteiger charge is -2.01. The van der Waals surface area contributed by atoms with Gasteiger partial charge in [0.1, 0.15) is 0 Å². The molecular weight excluding hydrogens is 200 g/mol. The van der Waals surface area contributed by atoms with Gasteiger partial charge in [-0.05, 0) is 29.1 Å². The summed E-state index contributed by atoms with van der Waals surface area (Å²) in [5.74, 6) is 0.0228. The molecule has 0 amide bonds. The molecule has 4 heteroatoms. The first-order valence-corrected chi connectivity index (χ1v) is 6.31. The Bertz CT molecular complexity index is 347. The van der Waals surface area contributed by atoms with Gasteiger partial charge in [-0.1, -0.05) is 0 Å². The molecule has 0 aliphatic carbocycles. The highest BCUT2D eigenvalue weighted by Crippen LogP contribution is 2.25. The monoisotopic (exact) mass is 213 g/mol. The molecule has 0 saturated heterocycles. The maximum absolute atomic E-state index is 11.5. The summed E-state index contributed by atoms with van der Waals surface area (Å²) >= 11 is 0. The van der Waals surface area contributed by atoms with E-state index < -0.39 is 0 Å². The molecule has 14 heavy (non-hydrogen) atoms. The van der Waals surface area contributed by atoms with Gasteiger partial charge < -0.3 is 10.2 Å². The molecular formula is C10H13O3S+. The van der Waals surface area contributed by atoms with Crippen LogP contribution < -0.4 is 0 Å². The van der Waals surface area contributed by atoms with Gasteiger partial charge in [0, 0.05) is 5.56 Å². The summed E-state index contributed by atoms with van der Waals surface area (Å²) in [5.41, 5.74) is 0.446. The number of carbonyl (C=O) groups is 1.